The number of hydrogen-bond donors (Lipinski definition) is 1. The number of ether oxygens (including phenoxy) is 2. The standard InChI is InChI=1S/C38H54O5/c1-24(2)12-9-13-25(3)14-10-15-26(4)16-11-20-38(8)21-19-31-29(7)36(27(5)28(6)37(31)43-38)42-34-23-41-33-22-30(39)17-18-32(33)35(34)40/h17-18,22-26,39H,9-16,19-21H2,1-8H3. The van der Waals surface area contributed by atoms with Crippen LogP contribution >= 0.6 is 0 Å². The van der Waals surface area contributed by atoms with Crippen molar-refractivity contribution in [2.24, 2.45) is 17.8 Å². The molecule has 3 aromatic rings. The Labute approximate surface area is 259 Å². The maximum Gasteiger partial charge on any atom is 0.235 e. The highest BCUT2D eigenvalue weighted by Crippen LogP contribution is 2.46. The minimum absolute atomic E-state index is 0.0516. The Kier molecular flexibility index (Phi) is 10.9. The topological polar surface area (TPSA) is 68.9 Å². The maximum absolute atomic E-state index is 13.1. The van der Waals surface area contributed by atoms with E-state index in [1.54, 1.807) is 6.07 Å². The Bertz CT molecular complexity index is 1450. The van der Waals surface area contributed by atoms with Gasteiger partial charge in [-0.3, -0.25) is 4.79 Å². The van der Waals surface area contributed by atoms with Crippen molar-refractivity contribution < 1.29 is 19.0 Å². The lowest BCUT2D eigenvalue weighted by atomic mass is 9.83. The molecule has 2 heterocycles. The third-order valence-electron chi connectivity index (χ3n) is 9.78. The van der Waals surface area contributed by atoms with Crippen LogP contribution in [0.5, 0.6) is 23.0 Å². The lowest BCUT2D eigenvalue weighted by Crippen LogP contribution is -2.37. The number of hydrogen-bond acceptors (Lipinski definition) is 5. The van der Waals surface area contributed by atoms with Crippen LogP contribution in [0.25, 0.3) is 11.0 Å². The molecule has 236 valence electrons. The van der Waals surface area contributed by atoms with Crippen molar-refractivity contribution in [1.29, 1.82) is 0 Å². The Balaban J connectivity index is 1.35. The first kappa shape index (κ1) is 33.0. The van der Waals surface area contributed by atoms with E-state index in [9.17, 15) is 9.90 Å². The van der Waals surface area contributed by atoms with Crippen LogP contribution in [-0.2, 0) is 6.42 Å². The van der Waals surface area contributed by atoms with Crippen LogP contribution in [0.15, 0.2) is 33.7 Å². The number of aromatic hydroxyl groups is 1. The molecule has 0 radical (unpaired) electrons. The molecule has 43 heavy (non-hydrogen) atoms. The van der Waals surface area contributed by atoms with Crippen molar-refractivity contribution in [2.45, 2.75) is 132 Å². The van der Waals surface area contributed by atoms with Crippen molar-refractivity contribution in [2.75, 3.05) is 0 Å². The lowest BCUT2D eigenvalue weighted by molar-refractivity contribution is 0.0512. The second kappa shape index (κ2) is 14.2. The smallest absolute Gasteiger partial charge is 0.235 e. The van der Waals surface area contributed by atoms with E-state index in [1.807, 2.05) is 6.92 Å². The molecule has 1 aliphatic heterocycles. The molecule has 5 heteroatoms. The second-order valence-corrected chi connectivity index (χ2v) is 14.1. The summed E-state index contributed by atoms with van der Waals surface area (Å²) in [5.74, 6) is 4.29. The monoisotopic (exact) mass is 590 g/mol. The van der Waals surface area contributed by atoms with Crippen molar-refractivity contribution in [3.8, 4) is 23.0 Å². The van der Waals surface area contributed by atoms with Gasteiger partial charge in [-0.2, -0.15) is 0 Å². The summed E-state index contributed by atoms with van der Waals surface area (Å²) in [6, 6.07) is 4.48. The average Bonchev–Trinajstić information content (AvgIpc) is 2.95. The Morgan fingerprint density at radius 1 is 0.907 bits per heavy atom. The number of fused-ring (bicyclic) bond motifs is 2. The third kappa shape index (κ3) is 8.16. The van der Waals surface area contributed by atoms with Crippen molar-refractivity contribution >= 4 is 11.0 Å². The van der Waals surface area contributed by atoms with Gasteiger partial charge in [0.2, 0.25) is 11.2 Å². The summed E-state index contributed by atoms with van der Waals surface area (Å²) in [6.07, 6.45) is 14.9. The zero-order chi connectivity index (χ0) is 31.3. The molecule has 0 saturated heterocycles. The van der Waals surface area contributed by atoms with E-state index in [0.717, 1.165) is 59.5 Å². The van der Waals surface area contributed by atoms with E-state index in [2.05, 4.69) is 48.5 Å². The molecule has 0 saturated carbocycles. The molecule has 2 aromatic carbocycles. The van der Waals surface area contributed by atoms with Crippen molar-refractivity contribution in [1.82, 2.24) is 0 Å². The highest BCUT2D eigenvalue weighted by Gasteiger charge is 2.34. The van der Waals surface area contributed by atoms with E-state index in [1.165, 1.54) is 75.3 Å². The third-order valence-corrected chi connectivity index (χ3v) is 9.78. The van der Waals surface area contributed by atoms with Crippen LogP contribution in [0, 0.1) is 38.5 Å². The van der Waals surface area contributed by atoms with E-state index in [-0.39, 0.29) is 22.5 Å². The molecular weight excluding hydrogens is 536 g/mol. The average molecular weight is 591 g/mol. The molecule has 0 amide bonds. The number of rotatable bonds is 14. The summed E-state index contributed by atoms with van der Waals surface area (Å²) >= 11 is 0. The highest BCUT2D eigenvalue weighted by atomic mass is 16.5. The van der Waals surface area contributed by atoms with E-state index in [4.69, 9.17) is 13.9 Å². The molecule has 0 aliphatic carbocycles. The maximum atomic E-state index is 13.1. The van der Waals surface area contributed by atoms with Crippen LogP contribution in [-0.4, -0.2) is 10.7 Å². The molecule has 0 spiro atoms. The summed E-state index contributed by atoms with van der Waals surface area (Å²) in [4.78, 5) is 13.1. The lowest BCUT2D eigenvalue weighted by Gasteiger charge is -2.38. The fourth-order valence-electron chi connectivity index (χ4n) is 6.69. The van der Waals surface area contributed by atoms with Gasteiger partial charge in [-0.15, -0.1) is 0 Å². The first-order chi connectivity index (χ1) is 20.4. The summed E-state index contributed by atoms with van der Waals surface area (Å²) in [5, 5.41) is 10.1. The molecule has 1 aliphatic rings. The first-order valence-electron chi connectivity index (χ1n) is 16.6. The van der Waals surface area contributed by atoms with Gasteiger partial charge in [0.15, 0.2) is 0 Å². The number of phenolic OH excluding ortho intramolecular Hbond substituents is 1. The van der Waals surface area contributed by atoms with Gasteiger partial charge in [0, 0.05) is 11.6 Å². The van der Waals surface area contributed by atoms with Gasteiger partial charge in [0.25, 0.3) is 0 Å². The summed E-state index contributed by atoms with van der Waals surface area (Å²) in [7, 11) is 0. The summed E-state index contributed by atoms with van der Waals surface area (Å²) < 4.78 is 18.7. The van der Waals surface area contributed by atoms with Gasteiger partial charge in [-0.1, -0.05) is 72.6 Å². The Morgan fingerprint density at radius 2 is 1.56 bits per heavy atom. The molecule has 5 nitrogen and oxygen atoms in total. The van der Waals surface area contributed by atoms with Crippen LogP contribution in [0.3, 0.4) is 0 Å². The zero-order valence-corrected chi connectivity index (χ0v) is 27.9. The number of benzene rings is 2. The predicted octanol–water partition coefficient (Wildman–Crippen LogP) is 10.7. The Hall–Kier alpha value is -2.95. The summed E-state index contributed by atoms with van der Waals surface area (Å²) in [6.45, 7) is 17.9. The molecule has 1 aromatic heterocycles. The summed E-state index contributed by atoms with van der Waals surface area (Å²) in [5.41, 5.74) is 4.11. The SMILES string of the molecule is Cc1c(C)c2c(c(C)c1Oc1coc3cc(O)ccc3c1=O)CCC(C)(CCCC(C)CCCC(C)CCCC(C)C)O2. The van der Waals surface area contributed by atoms with Crippen LogP contribution < -0.4 is 14.9 Å². The van der Waals surface area contributed by atoms with Gasteiger partial charge in [0.05, 0.1) is 5.39 Å². The largest absolute Gasteiger partial charge is 0.508 e. The van der Waals surface area contributed by atoms with E-state index >= 15 is 0 Å². The normalized spacial score (nSPS) is 18.0. The zero-order valence-electron chi connectivity index (χ0n) is 27.9. The van der Waals surface area contributed by atoms with Gasteiger partial charge in [-0.25, -0.2) is 0 Å². The quantitative estimate of drug-likeness (QED) is 0.202. The minimum Gasteiger partial charge on any atom is -0.508 e. The molecular formula is C38H54O5. The van der Waals surface area contributed by atoms with Crippen molar-refractivity contribution in [3.63, 3.8) is 0 Å². The van der Waals surface area contributed by atoms with E-state index < -0.39 is 0 Å². The first-order valence-corrected chi connectivity index (χ1v) is 16.6. The van der Waals surface area contributed by atoms with Gasteiger partial charge < -0.3 is 19.0 Å². The van der Waals surface area contributed by atoms with E-state index in [0.29, 0.717) is 16.7 Å². The number of phenols is 1. The second-order valence-electron chi connectivity index (χ2n) is 14.1. The van der Waals surface area contributed by atoms with Crippen molar-refractivity contribution in [3.05, 3.63) is 56.9 Å². The highest BCUT2D eigenvalue weighted by molar-refractivity contribution is 5.79. The van der Waals surface area contributed by atoms with Crippen LogP contribution in [0.4, 0.5) is 0 Å². The van der Waals surface area contributed by atoms with Gasteiger partial charge in [-0.05, 0) is 100.0 Å². The predicted molar refractivity (Wildman–Crippen MR) is 177 cm³/mol. The molecule has 0 bridgehead atoms. The molecule has 0 fully saturated rings. The molecule has 3 unspecified atom stereocenters. The van der Waals surface area contributed by atoms with Gasteiger partial charge in [0.1, 0.15) is 34.7 Å². The fourth-order valence-corrected chi connectivity index (χ4v) is 6.69. The Morgan fingerprint density at radius 3 is 2.23 bits per heavy atom. The fraction of sp³-hybridized carbons (Fsp3) is 0.605. The molecule has 3 atom stereocenters. The molecule has 4 rings (SSSR count). The van der Waals surface area contributed by atoms with Crippen LogP contribution in [0.1, 0.15) is 121 Å². The van der Waals surface area contributed by atoms with Gasteiger partial charge >= 0.3 is 0 Å². The molecule has 1 N–H and O–H groups in total. The minimum atomic E-state index is -0.260. The van der Waals surface area contributed by atoms with Crippen LogP contribution in [0.2, 0.25) is 0 Å².